The van der Waals surface area contributed by atoms with Gasteiger partial charge in [-0.3, -0.25) is 9.69 Å². The van der Waals surface area contributed by atoms with Crippen molar-refractivity contribution in [1.29, 1.82) is 0 Å². The standard InChI is InChI=1S/C42H51N7O5/c1-23(2)35(47-40(51)53-6)39(50)48-17-7-8-34(48)37-43-21-32(45-37)26-12-15-30-24(18-26)9-10-25-19-27(13-16-31(25)30)33-22-44-38(46-33)36-28-11-14-29(20-28)49(36)41(52)54-42(3,4)5/h12-13,15-16,18-19,21-23,28-29,34-36H,7-11,14,17,20H2,1-6H3,(H,43,45)(H,44,46)(H,47,51)/t28-,29+,34-,35-,36-/m0/s1. The summed E-state index contributed by atoms with van der Waals surface area (Å²) in [5, 5.41) is 2.72. The van der Waals surface area contributed by atoms with E-state index in [1.165, 1.54) is 29.4 Å². The molecular weight excluding hydrogens is 683 g/mol. The molecule has 2 bridgehead atoms. The molecule has 1 saturated carbocycles. The number of methoxy groups -OCH3 is 1. The van der Waals surface area contributed by atoms with Gasteiger partial charge < -0.3 is 29.7 Å². The number of piperidine rings is 1. The molecule has 2 aromatic heterocycles. The van der Waals surface area contributed by atoms with Crippen LogP contribution >= 0.6 is 0 Å². The molecule has 0 unspecified atom stereocenters. The van der Waals surface area contributed by atoms with Crippen LogP contribution in [0, 0.1) is 11.8 Å². The van der Waals surface area contributed by atoms with E-state index in [0.717, 1.165) is 79.1 Å². The number of nitrogens with one attached hydrogen (secondary N) is 3. The molecule has 4 aromatic rings. The van der Waals surface area contributed by atoms with Gasteiger partial charge in [0.1, 0.15) is 23.3 Å². The van der Waals surface area contributed by atoms with Crippen molar-refractivity contribution >= 4 is 18.1 Å². The van der Waals surface area contributed by atoms with Crippen LogP contribution in [-0.4, -0.2) is 79.2 Å². The Hall–Kier alpha value is -5.13. The predicted octanol–water partition coefficient (Wildman–Crippen LogP) is 7.74. The van der Waals surface area contributed by atoms with Gasteiger partial charge in [-0.05, 0) is 123 Å². The topological polar surface area (TPSA) is 146 Å². The zero-order chi connectivity index (χ0) is 37.9. The highest BCUT2D eigenvalue weighted by atomic mass is 16.6. The number of aryl methyl sites for hydroxylation is 2. The number of benzene rings is 2. The lowest BCUT2D eigenvalue weighted by Crippen LogP contribution is -2.51. The molecule has 54 heavy (non-hydrogen) atoms. The first-order valence-electron chi connectivity index (χ1n) is 19.4. The molecule has 8 rings (SSSR count). The first-order chi connectivity index (χ1) is 25.9. The van der Waals surface area contributed by atoms with Crippen molar-refractivity contribution in [1.82, 2.24) is 35.1 Å². The molecule has 4 aliphatic rings. The fourth-order valence-electron chi connectivity index (χ4n) is 9.13. The van der Waals surface area contributed by atoms with E-state index in [9.17, 15) is 14.4 Å². The predicted molar refractivity (Wildman–Crippen MR) is 204 cm³/mol. The van der Waals surface area contributed by atoms with Gasteiger partial charge in [0, 0.05) is 12.6 Å². The first-order valence-corrected chi connectivity index (χ1v) is 19.4. The number of carbonyl (C=O) groups is 3. The fourth-order valence-corrected chi connectivity index (χ4v) is 9.13. The second kappa shape index (κ2) is 13.9. The Morgan fingerprint density at radius 3 is 2.13 bits per heavy atom. The van der Waals surface area contributed by atoms with E-state index in [-0.39, 0.29) is 36.0 Å². The third-order valence-electron chi connectivity index (χ3n) is 11.7. The maximum atomic E-state index is 13.6. The number of ether oxygens (including phenoxy) is 2. The molecule has 2 saturated heterocycles. The molecule has 12 nitrogen and oxygen atoms in total. The SMILES string of the molecule is COC(=O)N[C@H](C(=O)N1CCC[C@H]1c1ncc(-c2ccc3c(c2)CCc2cc(-c4cnc([C@@H]5[C@H]6CC[C@H](C6)N5C(=O)OC(C)(C)C)[nH]4)ccc2-3)[nH]1)C(C)C. The highest BCUT2D eigenvalue weighted by Gasteiger charge is 2.51. The number of rotatable bonds is 7. The largest absolute Gasteiger partial charge is 0.453 e. The van der Waals surface area contributed by atoms with Crippen LogP contribution in [0.15, 0.2) is 48.8 Å². The molecule has 4 heterocycles. The Morgan fingerprint density at radius 2 is 1.52 bits per heavy atom. The Bertz CT molecular complexity index is 2080. The Kier molecular flexibility index (Phi) is 9.26. The second-order valence-corrected chi connectivity index (χ2v) is 16.7. The maximum absolute atomic E-state index is 13.6. The summed E-state index contributed by atoms with van der Waals surface area (Å²) in [7, 11) is 1.30. The van der Waals surface area contributed by atoms with Crippen LogP contribution in [0.3, 0.4) is 0 Å². The van der Waals surface area contributed by atoms with Gasteiger partial charge in [0.05, 0.1) is 43.0 Å². The van der Waals surface area contributed by atoms with Crippen molar-refractivity contribution in [2.24, 2.45) is 11.8 Å². The summed E-state index contributed by atoms with van der Waals surface area (Å²) in [6.45, 7) is 10.2. The van der Waals surface area contributed by atoms with Crippen molar-refractivity contribution in [3.05, 3.63) is 71.6 Å². The summed E-state index contributed by atoms with van der Waals surface area (Å²) in [5.74, 6) is 1.77. The van der Waals surface area contributed by atoms with Crippen LogP contribution in [0.5, 0.6) is 0 Å². The van der Waals surface area contributed by atoms with Crippen molar-refractivity contribution in [3.63, 3.8) is 0 Å². The van der Waals surface area contributed by atoms with E-state index in [1.54, 1.807) is 0 Å². The Morgan fingerprint density at radius 1 is 0.889 bits per heavy atom. The summed E-state index contributed by atoms with van der Waals surface area (Å²) < 4.78 is 10.6. The summed E-state index contributed by atoms with van der Waals surface area (Å²) in [6.07, 6.45) is 9.52. The van der Waals surface area contributed by atoms with E-state index in [2.05, 4.69) is 51.7 Å². The smallest absolute Gasteiger partial charge is 0.411 e. The summed E-state index contributed by atoms with van der Waals surface area (Å²) in [5.41, 5.74) is 8.53. The fraction of sp³-hybridized carbons (Fsp3) is 0.500. The minimum absolute atomic E-state index is 0.0917. The van der Waals surface area contributed by atoms with Crippen LogP contribution in [0.4, 0.5) is 9.59 Å². The summed E-state index contributed by atoms with van der Waals surface area (Å²) in [6, 6.07) is 12.5. The number of amides is 3. The van der Waals surface area contributed by atoms with Crippen molar-refractivity contribution < 1.29 is 23.9 Å². The molecule has 0 radical (unpaired) electrons. The van der Waals surface area contributed by atoms with Crippen LogP contribution in [0.1, 0.15) is 102 Å². The number of fused-ring (bicyclic) bond motifs is 5. The van der Waals surface area contributed by atoms with Gasteiger partial charge in [-0.15, -0.1) is 0 Å². The van der Waals surface area contributed by atoms with Crippen molar-refractivity contribution in [3.8, 4) is 33.6 Å². The van der Waals surface area contributed by atoms with Crippen molar-refractivity contribution in [2.45, 2.75) is 109 Å². The number of hydrogen-bond acceptors (Lipinski definition) is 7. The number of aromatic nitrogens is 4. The van der Waals surface area contributed by atoms with E-state index in [1.807, 2.05) is 56.8 Å². The number of alkyl carbamates (subject to hydrolysis) is 1. The molecule has 2 aliphatic carbocycles. The molecule has 284 valence electrons. The van der Waals surface area contributed by atoms with E-state index in [0.29, 0.717) is 12.5 Å². The summed E-state index contributed by atoms with van der Waals surface area (Å²) >= 11 is 0. The van der Waals surface area contributed by atoms with Gasteiger partial charge in [-0.2, -0.15) is 0 Å². The van der Waals surface area contributed by atoms with Gasteiger partial charge in [0.15, 0.2) is 0 Å². The van der Waals surface area contributed by atoms with Gasteiger partial charge in [0.25, 0.3) is 0 Å². The molecule has 5 atom stereocenters. The number of carbonyl (C=O) groups excluding carboxylic acids is 3. The third kappa shape index (κ3) is 6.64. The van der Waals surface area contributed by atoms with Gasteiger partial charge in [0.2, 0.25) is 5.91 Å². The third-order valence-corrected chi connectivity index (χ3v) is 11.7. The lowest BCUT2D eigenvalue weighted by Gasteiger charge is -2.35. The molecule has 3 N–H and O–H groups in total. The average molecular weight is 734 g/mol. The van der Waals surface area contributed by atoms with E-state index >= 15 is 0 Å². The maximum Gasteiger partial charge on any atom is 0.411 e. The number of nitrogens with zero attached hydrogens (tertiary/aromatic N) is 4. The zero-order valence-corrected chi connectivity index (χ0v) is 32.1. The van der Waals surface area contributed by atoms with Crippen LogP contribution in [-0.2, 0) is 27.1 Å². The summed E-state index contributed by atoms with van der Waals surface area (Å²) in [4.78, 5) is 59.3. The molecule has 2 aromatic carbocycles. The molecule has 0 spiro atoms. The molecule has 3 fully saturated rings. The average Bonchev–Trinajstić information content (AvgIpc) is 4.00. The van der Waals surface area contributed by atoms with Crippen LogP contribution in [0.25, 0.3) is 33.6 Å². The second-order valence-electron chi connectivity index (χ2n) is 16.7. The number of hydrogen-bond donors (Lipinski definition) is 3. The van der Waals surface area contributed by atoms with Crippen LogP contribution in [0.2, 0.25) is 0 Å². The Balaban J connectivity index is 0.984. The minimum atomic E-state index is -0.673. The molecular formula is C42H51N7O5. The number of likely N-dealkylation sites (tertiary alicyclic amines) is 2. The molecule has 2 aliphatic heterocycles. The molecule has 3 amide bonds. The minimum Gasteiger partial charge on any atom is -0.453 e. The van der Waals surface area contributed by atoms with E-state index < -0.39 is 17.7 Å². The molecule has 12 heteroatoms. The van der Waals surface area contributed by atoms with E-state index in [4.69, 9.17) is 19.4 Å². The monoisotopic (exact) mass is 733 g/mol. The highest BCUT2D eigenvalue weighted by Crippen LogP contribution is 2.50. The first kappa shape index (κ1) is 35.9. The van der Waals surface area contributed by atoms with Gasteiger partial charge in [-0.1, -0.05) is 38.1 Å². The Labute approximate surface area is 316 Å². The zero-order valence-electron chi connectivity index (χ0n) is 32.1. The number of aromatic amines is 2. The van der Waals surface area contributed by atoms with Gasteiger partial charge in [-0.25, -0.2) is 19.6 Å². The normalized spacial score (nSPS) is 22.3. The number of imidazole rings is 2. The van der Waals surface area contributed by atoms with Gasteiger partial charge >= 0.3 is 12.2 Å². The number of H-pyrrole nitrogens is 2. The quantitative estimate of drug-likeness (QED) is 0.176. The lowest BCUT2D eigenvalue weighted by atomic mass is 9.83. The van der Waals surface area contributed by atoms with Crippen molar-refractivity contribution in [2.75, 3.05) is 13.7 Å². The van der Waals surface area contributed by atoms with Crippen LogP contribution < -0.4 is 5.32 Å². The lowest BCUT2D eigenvalue weighted by molar-refractivity contribution is -0.135. The highest BCUT2D eigenvalue weighted by molar-refractivity contribution is 5.86.